The fourth-order valence-corrected chi connectivity index (χ4v) is 2.01. The van der Waals surface area contributed by atoms with Crippen LogP contribution in [0.3, 0.4) is 0 Å². The van der Waals surface area contributed by atoms with Gasteiger partial charge in [0.15, 0.2) is 0 Å². The van der Waals surface area contributed by atoms with E-state index in [0.717, 1.165) is 4.90 Å². The number of anilines is 1. The molecule has 3 amide bonds. The highest BCUT2D eigenvalue weighted by Gasteiger charge is 2.38. The van der Waals surface area contributed by atoms with Crippen LogP contribution in [0.2, 0.25) is 5.02 Å². The minimum absolute atomic E-state index is 0.000984. The number of hydrogen-bond donors (Lipinski definition) is 0. The Kier molecular flexibility index (Phi) is 3.07. The first-order valence-corrected chi connectivity index (χ1v) is 5.78. The highest BCUT2D eigenvalue weighted by molar-refractivity contribution is 6.35. The molecule has 0 atom stereocenters. The number of nitrogens with zero attached hydrogens (tertiary/aromatic N) is 2. The molecule has 0 N–H and O–H groups in total. The Bertz CT molecular complexity index is 473. The number of urea groups is 1. The van der Waals surface area contributed by atoms with Crippen molar-refractivity contribution < 1.29 is 9.59 Å². The van der Waals surface area contributed by atoms with Crippen molar-refractivity contribution in [3.8, 4) is 0 Å². The average Bonchev–Trinajstić information content (AvgIpc) is 2.56. The van der Waals surface area contributed by atoms with Gasteiger partial charge in [-0.3, -0.25) is 4.79 Å². The Morgan fingerprint density at radius 3 is 2.41 bits per heavy atom. The molecule has 5 heteroatoms. The Morgan fingerprint density at radius 1 is 1.24 bits per heavy atom. The van der Waals surface area contributed by atoms with Gasteiger partial charge in [0.1, 0.15) is 6.54 Å². The highest BCUT2D eigenvalue weighted by atomic mass is 35.5. The number of hydrogen-bond acceptors (Lipinski definition) is 2. The molecule has 0 bridgehead atoms. The first kappa shape index (κ1) is 11.9. The number of amides is 3. The van der Waals surface area contributed by atoms with E-state index in [0.29, 0.717) is 10.7 Å². The Morgan fingerprint density at radius 2 is 1.88 bits per heavy atom. The third-order valence-electron chi connectivity index (χ3n) is 2.71. The SMILES string of the molecule is CC(C)N1CC(=O)N(c2ccccc2Cl)C1=O. The summed E-state index contributed by atoms with van der Waals surface area (Å²) in [4.78, 5) is 26.6. The fourth-order valence-electron chi connectivity index (χ4n) is 1.79. The van der Waals surface area contributed by atoms with Crippen LogP contribution in [0.25, 0.3) is 0 Å². The molecule has 1 aromatic rings. The maximum absolute atomic E-state index is 12.1. The third kappa shape index (κ3) is 2.00. The van der Waals surface area contributed by atoms with Gasteiger partial charge < -0.3 is 4.90 Å². The molecule has 2 rings (SSSR count). The smallest absolute Gasteiger partial charge is 0.312 e. The van der Waals surface area contributed by atoms with Crippen LogP contribution in [0.1, 0.15) is 13.8 Å². The van der Waals surface area contributed by atoms with Crippen LogP contribution in [0, 0.1) is 0 Å². The lowest BCUT2D eigenvalue weighted by atomic mass is 10.3. The molecule has 0 aliphatic carbocycles. The van der Waals surface area contributed by atoms with Crippen molar-refractivity contribution in [2.45, 2.75) is 19.9 Å². The quantitative estimate of drug-likeness (QED) is 0.759. The van der Waals surface area contributed by atoms with Gasteiger partial charge in [-0.1, -0.05) is 23.7 Å². The lowest BCUT2D eigenvalue weighted by Crippen LogP contribution is -2.36. The molecule has 1 aliphatic rings. The van der Waals surface area contributed by atoms with Crippen LogP contribution < -0.4 is 4.90 Å². The summed E-state index contributed by atoms with van der Waals surface area (Å²) in [5.74, 6) is -0.239. The summed E-state index contributed by atoms with van der Waals surface area (Å²) in [7, 11) is 0. The minimum Gasteiger partial charge on any atom is -0.312 e. The second kappa shape index (κ2) is 4.37. The van der Waals surface area contributed by atoms with Gasteiger partial charge in [0.25, 0.3) is 5.91 Å². The van der Waals surface area contributed by atoms with E-state index in [1.54, 1.807) is 24.3 Å². The molecule has 4 nitrogen and oxygen atoms in total. The molecule has 1 fully saturated rings. The Labute approximate surface area is 105 Å². The van der Waals surface area contributed by atoms with Crippen LogP contribution in [-0.4, -0.2) is 29.4 Å². The number of carbonyl (C=O) groups excluding carboxylic acids is 2. The minimum atomic E-state index is -0.307. The standard InChI is InChI=1S/C12H13ClN2O2/c1-8(2)14-7-11(16)15(12(14)17)10-6-4-3-5-9(10)13/h3-6,8H,7H2,1-2H3. The summed E-state index contributed by atoms with van der Waals surface area (Å²) >= 11 is 6.00. The zero-order valence-corrected chi connectivity index (χ0v) is 10.4. The zero-order chi connectivity index (χ0) is 12.6. The molecule has 1 heterocycles. The van der Waals surface area contributed by atoms with E-state index in [1.807, 2.05) is 13.8 Å². The van der Waals surface area contributed by atoms with Crippen LogP contribution in [-0.2, 0) is 4.79 Å². The lowest BCUT2D eigenvalue weighted by molar-refractivity contribution is -0.116. The van der Waals surface area contributed by atoms with E-state index in [4.69, 9.17) is 11.6 Å². The van der Waals surface area contributed by atoms with E-state index >= 15 is 0 Å². The van der Waals surface area contributed by atoms with Crippen molar-refractivity contribution in [3.63, 3.8) is 0 Å². The number of carbonyl (C=O) groups is 2. The Hall–Kier alpha value is -1.55. The monoisotopic (exact) mass is 252 g/mol. The molecule has 1 aliphatic heterocycles. The topological polar surface area (TPSA) is 40.6 Å². The predicted molar refractivity (Wildman–Crippen MR) is 66.2 cm³/mol. The lowest BCUT2D eigenvalue weighted by Gasteiger charge is -2.20. The van der Waals surface area contributed by atoms with Crippen LogP contribution in [0.15, 0.2) is 24.3 Å². The number of imide groups is 1. The predicted octanol–water partition coefficient (Wildman–Crippen LogP) is 2.52. The van der Waals surface area contributed by atoms with Gasteiger partial charge in [-0.25, -0.2) is 9.69 Å². The number of halogens is 1. The second-order valence-corrected chi connectivity index (χ2v) is 4.59. The molecule has 1 saturated heterocycles. The van der Waals surface area contributed by atoms with E-state index in [9.17, 15) is 9.59 Å². The van der Waals surface area contributed by atoms with Crippen molar-refractivity contribution in [1.82, 2.24) is 4.90 Å². The number of para-hydroxylation sites is 1. The summed E-state index contributed by atoms with van der Waals surface area (Å²) in [5.41, 5.74) is 0.451. The molecule has 0 spiro atoms. The Balaban J connectivity index is 2.38. The second-order valence-electron chi connectivity index (χ2n) is 4.18. The third-order valence-corrected chi connectivity index (χ3v) is 3.03. The molecule has 0 unspecified atom stereocenters. The molecule has 17 heavy (non-hydrogen) atoms. The number of rotatable bonds is 2. The van der Waals surface area contributed by atoms with Gasteiger partial charge in [0.05, 0.1) is 10.7 Å². The van der Waals surface area contributed by atoms with Gasteiger partial charge in [-0.2, -0.15) is 0 Å². The zero-order valence-electron chi connectivity index (χ0n) is 9.68. The molecular weight excluding hydrogens is 240 g/mol. The van der Waals surface area contributed by atoms with Gasteiger partial charge >= 0.3 is 6.03 Å². The fraction of sp³-hybridized carbons (Fsp3) is 0.333. The number of benzene rings is 1. The van der Waals surface area contributed by atoms with Crippen molar-refractivity contribution in [1.29, 1.82) is 0 Å². The average molecular weight is 253 g/mol. The summed E-state index contributed by atoms with van der Waals surface area (Å²) in [6, 6.07) is 6.53. The van der Waals surface area contributed by atoms with Crippen molar-refractivity contribution in [2.75, 3.05) is 11.4 Å². The van der Waals surface area contributed by atoms with Gasteiger partial charge in [0.2, 0.25) is 0 Å². The largest absolute Gasteiger partial charge is 0.332 e. The van der Waals surface area contributed by atoms with Crippen molar-refractivity contribution in [2.24, 2.45) is 0 Å². The van der Waals surface area contributed by atoms with E-state index < -0.39 is 0 Å². The van der Waals surface area contributed by atoms with Gasteiger partial charge in [-0.05, 0) is 26.0 Å². The summed E-state index contributed by atoms with van der Waals surface area (Å²) < 4.78 is 0. The van der Waals surface area contributed by atoms with Crippen LogP contribution in [0.4, 0.5) is 10.5 Å². The van der Waals surface area contributed by atoms with Crippen molar-refractivity contribution >= 4 is 29.2 Å². The maximum Gasteiger partial charge on any atom is 0.332 e. The van der Waals surface area contributed by atoms with Gasteiger partial charge in [-0.15, -0.1) is 0 Å². The molecule has 90 valence electrons. The molecule has 0 radical (unpaired) electrons. The van der Waals surface area contributed by atoms with Crippen LogP contribution >= 0.6 is 11.6 Å². The first-order valence-electron chi connectivity index (χ1n) is 5.40. The maximum atomic E-state index is 12.1. The summed E-state index contributed by atoms with van der Waals surface area (Å²) in [5, 5.41) is 0.403. The van der Waals surface area contributed by atoms with E-state index in [2.05, 4.69) is 0 Å². The van der Waals surface area contributed by atoms with Crippen LogP contribution in [0.5, 0.6) is 0 Å². The molecule has 1 aromatic carbocycles. The highest BCUT2D eigenvalue weighted by Crippen LogP contribution is 2.29. The molecular formula is C12H13ClN2O2. The normalized spacial score (nSPS) is 16.2. The van der Waals surface area contributed by atoms with E-state index in [1.165, 1.54) is 4.90 Å². The van der Waals surface area contributed by atoms with E-state index in [-0.39, 0.29) is 24.5 Å². The van der Waals surface area contributed by atoms with Gasteiger partial charge in [0, 0.05) is 6.04 Å². The molecule has 0 aromatic heterocycles. The summed E-state index contributed by atoms with van der Waals surface area (Å²) in [6.45, 7) is 3.87. The molecule has 0 saturated carbocycles. The van der Waals surface area contributed by atoms with Crippen molar-refractivity contribution in [3.05, 3.63) is 29.3 Å². The summed E-state index contributed by atoms with van der Waals surface area (Å²) in [6.07, 6.45) is 0. The first-order chi connectivity index (χ1) is 8.02.